The molecule has 1 N–H and O–H groups in total. The molecule has 1 aliphatic rings. The first-order valence-electron chi connectivity index (χ1n) is 7.41. The zero-order valence-electron chi connectivity index (χ0n) is 13.2. The maximum Gasteiger partial charge on any atom is 0.179 e. The molecule has 0 spiro atoms. The summed E-state index contributed by atoms with van der Waals surface area (Å²) in [5, 5.41) is 4.16. The van der Waals surface area contributed by atoms with Crippen molar-refractivity contribution in [1.82, 2.24) is 5.32 Å². The van der Waals surface area contributed by atoms with Crippen LogP contribution in [-0.4, -0.2) is 26.8 Å². The van der Waals surface area contributed by atoms with Gasteiger partial charge in [0.05, 0.1) is 19.2 Å². The van der Waals surface area contributed by atoms with Crippen molar-refractivity contribution in [2.24, 2.45) is 5.92 Å². The van der Waals surface area contributed by atoms with Crippen LogP contribution in [0.5, 0.6) is 11.5 Å². The number of ether oxygens (including phenoxy) is 2. The Hall–Kier alpha value is -1.19. The van der Waals surface area contributed by atoms with Crippen LogP contribution in [0.3, 0.4) is 0 Å². The molecule has 0 amide bonds. The minimum atomic E-state index is 0.473. The Morgan fingerprint density at radius 2 is 2.05 bits per heavy atom. The molecule has 1 saturated carbocycles. The van der Waals surface area contributed by atoms with Crippen molar-refractivity contribution in [1.29, 1.82) is 0 Å². The van der Waals surface area contributed by atoms with Gasteiger partial charge in [0, 0.05) is 12.6 Å². The molecule has 1 fully saturated rings. The molecule has 0 saturated heterocycles. The van der Waals surface area contributed by atoms with Crippen LogP contribution in [0.2, 0.25) is 5.02 Å². The third-order valence-electron chi connectivity index (χ3n) is 3.77. The molecular formula is C17H24ClNO2. The van der Waals surface area contributed by atoms with Gasteiger partial charge in [-0.1, -0.05) is 37.1 Å². The lowest BCUT2D eigenvalue weighted by molar-refractivity contribution is 0.355. The summed E-state index contributed by atoms with van der Waals surface area (Å²) in [5.41, 5.74) is 2.31. The van der Waals surface area contributed by atoms with E-state index in [0.29, 0.717) is 28.5 Å². The minimum absolute atomic E-state index is 0.473. The van der Waals surface area contributed by atoms with Crippen LogP contribution in [0, 0.1) is 5.92 Å². The predicted octanol–water partition coefficient (Wildman–Crippen LogP) is 4.15. The van der Waals surface area contributed by atoms with Gasteiger partial charge in [-0.3, -0.25) is 0 Å². The van der Waals surface area contributed by atoms with Gasteiger partial charge in [0.15, 0.2) is 11.5 Å². The first-order chi connectivity index (χ1) is 10.1. The Balaban J connectivity index is 2.27. The average molecular weight is 310 g/mol. The number of hydrogen-bond acceptors (Lipinski definition) is 3. The first kappa shape index (κ1) is 16.2. The van der Waals surface area contributed by atoms with Gasteiger partial charge in [-0.25, -0.2) is 0 Å². The van der Waals surface area contributed by atoms with Crippen molar-refractivity contribution in [2.75, 3.05) is 20.8 Å². The molecular weight excluding hydrogens is 286 g/mol. The van der Waals surface area contributed by atoms with Crippen LogP contribution in [0.25, 0.3) is 6.08 Å². The zero-order chi connectivity index (χ0) is 15.4. The lowest BCUT2D eigenvalue weighted by Crippen LogP contribution is -2.21. The summed E-state index contributed by atoms with van der Waals surface area (Å²) >= 11 is 6.45. The van der Waals surface area contributed by atoms with Crippen LogP contribution in [0.4, 0.5) is 0 Å². The monoisotopic (exact) mass is 309 g/mol. The predicted molar refractivity (Wildman–Crippen MR) is 88.4 cm³/mol. The van der Waals surface area contributed by atoms with E-state index >= 15 is 0 Å². The molecule has 2 rings (SSSR count). The second kappa shape index (κ2) is 7.19. The largest absolute Gasteiger partial charge is 0.493 e. The Bertz CT molecular complexity index is 522. The van der Waals surface area contributed by atoms with Gasteiger partial charge in [-0.15, -0.1) is 0 Å². The maximum atomic E-state index is 6.45. The van der Waals surface area contributed by atoms with Crippen molar-refractivity contribution in [2.45, 2.75) is 32.7 Å². The van der Waals surface area contributed by atoms with Gasteiger partial charge in [-0.2, -0.15) is 0 Å². The molecule has 1 aliphatic carbocycles. The van der Waals surface area contributed by atoms with E-state index in [9.17, 15) is 0 Å². The number of benzene rings is 1. The fraction of sp³-hybridized carbons (Fsp3) is 0.529. The lowest BCUT2D eigenvalue weighted by atomic mass is 10.00. The summed E-state index contributed by atoms with van der Waals surface area (Å²) in [6.07, 6.45) is 4.75. The maximum absolute atomic E-state index is 6.45. The van der Waals surface area contributed by atoms with Gasteiger partial charge in [0.2, 0.25) is 0 Å². The number of rotatable bonds is 7. The summed E-state index contributed by atoms with van der Waals surface area (Å²) in [5.74, 6) is 1.72. The molecule has 0 heterocycles. The Morgan fingerprint density at radius 1 is 1.33 bits per heavy atom. The lowest BCUT2D eigenvalue weighted by Gasteiger charge is -2.15. The quantitative estimate of drug-likeness (QED) is 0.821. The highest BCUT2D eigenvalue weighted by Gasteiger charge is 2.21. The van der Waals surface area contributed by atoms with Crippen molar-refractivity contribution in [3.8, 4) is 11.5 Å². The van der Waals surface area contributed by atoms with Crippen LogP contribution < -0.4 is 14.8 Å². The van der Waals surface area contributed by atoms with E-state index in [4.69, 9.17) is 21.1 Å². The fourth-order valence-corrected chi connectivity index (χ4v) is 2.48. The highest BCUT2D eigenvalue weighted by atomic mass is 35.5. The van der Waals surface area contributed by atoms with Gasteiger partial charge >= 0.3 is 0 Å². The van der Waals surface area contributed by atoms with Crippen LogP contribution in [-0.2, 0) is 0 Å². The van der Waals surface area contributed by atoms with E-state index in [0.717, 1.165) is 12.1 Å². The third kappa shape index (κ3) is 4.14. The standard InChI is InChI=1S/C17H24ClNO2/c1-11(2)13(10-19-14-6-7-14)9-12-5-8-15(20-3)17(21-4)16(12)18/h5,8-9,11,14,19H,6-7,10H2,1-4H3. The van der Waals surface area contributed by atoms with Crippen LogP contribution >= 0.6 is 11.6 Å². The van der Waals surface area contributed by atoms with Crippen molar-refractivity contribution in [3.63, 3.8) is 0 Å². The normalized spacial score (nSPS) is 15.4. The van der Waals surface area contributed by atoms with E-state index in [2.05, 4.69) is 25.2 Å². The van der Waals surface area contributed by atoms with E-state index in [1.165, 1.54) is 18.4 Å². The number of methoxy groups -OCH3 is 2. The van der Waals surface area contributed by atoms with Crippen molar-refractivity contribution >= 4 is 17.7 Å². The SMILES string of the molecule is COc1ccc(C=C(CNC2CC2)C(C)C)c(Cl)c1OC. The summed E-state index contributed by atoms with van der Waals surface area (Å²) in [7, 11) is 3.22. The van der Waals surface area contributed by atoms with E-state index in [1.54, 1.807) is 14.2 Å². The summed E-state index contributed by atoms with van der Waals surface area (Å²) in [6.45, 7) is 5.32. The third-order valence-corrected chi connectivity index (χ3v) is 4.16. The van der Waals surface area contributed by atoms with E-state index in [1.807, 2.05) is 12.1 Å². The molecule has 0 aromatic heterocycles. The number of nitrogens with one attached hydrogen (secondary N) is 1. The molecule has 0 atom stereocenters. The molecule has 3 nitrogen and oxygen atoms in total. The average Bonchev–Trinajstić information content (AvgIpc) is 3.28. The molecule has 0 radical (unpaired) electrons. The molecule has 0 bridgehead atoms. The number of halogens is 1. The smallest absolute Gasteiger partial charge is 0.179 e. The molecule has 0 aliphatic heterocycles. The van der Waals surface area contributed by atoms with Crippen molar-refractivity contribution < 1.29 is 9.47 Å². The van der Waals surface area contributed by atoms with E-state index < -0.39 is 0 Å². The Morgan fingerprint density at radius 3 is 2.57 bits per heavy atom. The molecule has 116 valence electrons. The fourth-order valence-electron chi connectivity index (χ4n) is 2.19. The Kier molecular flexibility index (Phi) is 5.54. The molecule has 1 aromatic rings. The first-order valence-corrected chi connectivity index (χ1v) is 7.79. The summed E-state index contributed by atoms with van der Waals surface area (Å²) in [4.78, 5) is 0. The topological polar surface area (TPSA) is 30.5 Å². The van der Waals surface area contributed by atoms with Gasteiger partial charge in [0.1, 0.15) is 0 Å². The highest BCUT2D eigenvalue weighted by Crippen LogP contribution is 2.38. The van der Waals surface area contributed by atoms with Gasteiger partial charge in [-0.05, 0) is 36.5 Å². The minimum Gasteiger partial charge on any atom is -0.493 e. The summed E-state index contributed by atoms with van der Waals surface area (Å²) < 4.78 is 10.6. The zero-order valence-corrected chi connectivity index (χ0v) is 14.0. The van der Waals surface area contributed by atoms with E-state index in [-0.39, 0.29) is 0 Å². The number of hydrogen-bond donors (Lipinski definition) is 1. The summed E-state index contributed by atoms with van der Waals surface area (Å²) in [6, 6.07) is 4.57. The van der Waals surface area contributed by atoms with Crippen LogP contribution in [0.15, 0.2) is 17.7 Å². The second-order valence-corrected chi connectivity index (χ2v) is 6.11. The second-order valence-electron chi connectivity index (χ2n) is 5.73. The highest BCUT2D eigenvalue weighted by molar-refractivity contribution is 6.33. The van der Waals surface area contributed by atoms with Crippen molar-refractivity contribution in [3.05, 3.63) is 28.3 Å². The van der Waals surface area contributed by atoms with Gasteiger partial charge in [0.25, 0.3) is 0 Å². The molecule has 4 heteroatoms. The Labute approximate surface area is 132 Å². The van der Waals surface area contributed by atoms with Crippen LogP contribution in [0.1, 0.15) is 32.3 Å². The molecule has 1 aromatic carbocycles. The molecule has 21 heavy (non-hydrogen) atoms. The van der Waals surface area contributed by atoms with Gasteiger partial charge < -0.3 is 14.8 Å². The molecule has 0 unspecified atom stereocenters.